The van der Waals surface area contributed by atoms with E-state index >= 15 is 0 Å². The first-order valence-corrected chi connectivity index (χ1v) is 23.7. The lowest BCUT2D eigenvalue weighted by Gasteiger charge is -2.20. The molecule has 0 rings (SSSR count). The van der Waals surface area contributed by atoms with Crippen molar-refractivity contribution in [2.75, 3.05) is 26.4 Å². The van der Waals surface area contributed by atoms with Gasteiger partial charge >= 0.3 is 19.8 Å². The van der Waals surface area contributed by atoms with Gasteiger partial charge in [0.1, 0.15) is 12.7 Å². The molecule has 3 N–H and O–H groups in total. The Labute approximate surface area is 346 Å². The van der Waals surface area contributed by atoms with Gasteiger partial charge in [-0.2, -0.15) is 0 Å². The van der Waals surface area contributed by atoms with Crippen LogP contribution in [0.1, 0.15) is 181 Å². The van der Waals surface area contributed by atoms with Crippen molar-refractivity contribution in [3.8, 4) is 0 Å². The Bertz CT molecular complexity index is 1130. The van der Waals surface area contributed by atoms with E-state index in [1.165, 1.54) is 83.5 Å². The van der Waals surface area contributed by atoms with Gasteiger partial charge in [0.15, 0.2) is 6.10 Å². The van der Waals surface area contributed by atoms with Crippen molar-refractivity contribution in [2.45, 2.75) is 193 Å². The molecule has 0 heterocycles. The average Bonchev–Trinajstić information content (AvgIpc) is 3.20. The number of unbranched alkanes of at least 4 members (excludes halogenated alkanes) is 17. The van der Waals surface area contributed by atoms with E-state index in [1.807, 2.05) is 6.08 Å². The van der Waals surface area contributed by atoms with Crippen molar-refractivity contribution in [1.29, 1.82) is 0 Å². The summed E-state index contributed by atoms with van der Waals surface area (Å²) in [6, 6.07) is 0. The molecule has 0 radical (unpaired) electrons. The molecule has 0 saturated carbocycles. The van der Waals surface area contributed by atoms with Crippen LogP contribution in [0.4, 0.5) is 0 Å². The predicted octanol–water partition coefficient (Wildman–Crippen LogP) is 11.9. The van der Waals surface area contributed by atoms with E-state index in [-0.39, 0.29) is 19.4 Å². The maximum absolute atomic E-state index is 12.6. The Balaban J connectivity index is 4.36. The normalized spacial score (nSPS) is 14.4. The van der Waals surface area contributed by atoms with Gasteiger partial charge < -0.3 is 24.6 Å². The zero-order valence-corrected chi connectivity index (χ0v) is 36.7. The molecule has 0 aromatic rings. The number of allylic oxidation sites excluding steroid dienone is 10. The molecule has 0 aliphatic rings. The molecule has 10 nitrogen and oxygen atoms in total. The molecule has 0 saturated heterocycles. The monoisotopic (exact) mass is 825 g/mol. The second-order valence-corrected chi connectivity index (χ2v) is 16.2. The zero-order chi connectivity index (χ0) is 41.9. The van der Waals surface area contributed by atoms with Gasteiger partial charge in [0.2, 0.25) is 0 Å². The summed E-state index contributed by atoms with van der Waals surface area (Å²) in [5.41, 5.74) is 0. The lowest BCUT2D eigenvalue weighted by Crippen LogP contribution is -2.29. The number of ether oxygens (including phenoxy) is 2. The van der Waals surface area contributed by atoms with Crippen LogP contribution in [0.25, 0.3) is 0 Å². The van der Waals surface area contributed by atoms with Crippen LogP contribution in [0.15, 0.2) is 60.8 Å². The second-order valence-electron chi connectivity index (χ2n) is 14.7. The highest BCUT2D eigenvalue weighted by Gasteiger charge is 2.27. The summed E-state index contributed by atoms with van der Waals surface area (Å²) in [6.45, 7) is 2.21. The third-order valence-electron chi connectivity index (χ3n) is 9.19. The Morgan fingerprint density at radius 3 is 1.44 bits per heavy atom. The fraction of sp³-hybridized carbons (Fsp3) is 0.739. The van der Waals surface area contributed by atoms with Crippen LogP contribution >= 0.6 is 7.82 Å². The summed E-state index contributed by atoms with van der Waals surface area (Å²) in [7, 11) is -4.63. The molecule has 0 fully saturated rings. The number of carbonyl (C=O) groups is 2. The first-order valence-electron chi connectivity index (χ1n) is 22.2. The van der Waals surface area contributed by atoms with E-state index in [0.29, 0.717) is 19.3 Å². The molecule has 0 bridgehead atoms. The summed E-state index contributed by atoms with van der Waals surface area (Å²) in [6.07, 6.45) is 46.2. The van der Waals surface area contributed by atoms with Gasteiger partial charge in [-0.05, 0) is 51.4 Å². The minimum Gasteiger partial charge on any atom is -0.462 e. The Morgan fingerprint density at radius 1 is 0.544 bits per heavy atom. The highest BCUT2D eigenvalue weighted by molar-refractivity contribution is 7.47. The largest absolute Gasteiger partial charge is 0.472 e. The van der Waals surface area contributed by atoms with Crippen LogP contribution in [0, 0.1) is 0 Å². The molecule has 330 valence electrons. The van der Waals surface area contributed by atoms with Gasteiger partial charge in [0.05, 0.1) is 19.8 Å². The summed E-state index contributed by atoms with van der Waals surface area (Å²) >= 11 is 0. The standard InChI is InChI=1S/C46H81O10P/c1-3-5-7-9-11-13-15-17-19-21-23-25-27-29-31-33-35-37-45(49)53-41-44(42-55-57(51,52)54-40-43(48)39-47)56-46(50)38-36-34-32-30-28-26-24-22-20-18-16-14-12-10-8-6-4-2/h5,7,11,13,17,19,23,25,29,31,43-44,47-48H,3-4,6,8-10,12,14-16,18,20-22,24,26-28,30,32-42H2,1-2H3,(H,51,52)/b7-5-,13-11-,19-17-,25-23-,31-29-/t43-,44+/m0/s1. The highest BCUT2D eigenvalue weighted by Crippen LogP contribution is 2.43. The Kier molecular flexibility index (Phi) is 40.1. The Morgan fingerprint density at radius 2 is 0.965 bits per heavy atom. The van der Waals surface area contributed by atoms with Crippen LogP contribution < -0.4 is 0 Å². The van der Waals surface area contributed by atoms with Crippen LogP contribution in [-0.2, 0) is 32.7 Å². The summed E-state index contributed by atoms with van der Waals surface area (Å²) < 4.78 is 32.7. The number of esters is 2. The summed E-state index contributed by atoms with van der Waals surface area (Å²) in [5.74, 6) is -0.991. The maximum Gasteiger partial charge on any atom is 0.472 e. The zero-order valence-electron chi connectivity index (χ0n) is 35.8. The molecule has 0 aromatic heterocycles. The molecule has 0 aliphatic carbocycles. The number of hydrogen-bond acceptors (Lipinski definition) is 9. The molecule has 0 aliphatic heterocycles. The van der Waals surface area contributed by atoms with E-state index < -0.39 is 51.8 Å². The molecule has 0 amide bonds. The van der Waals surface area contributed by atoms with Crippen LogP contribution in [0.2, 0.25) is 0 Å². The third kappa shape index (κ3) is 41.6. The van der Waals surface area contributed by atoms with Crippen molar-refractivity contribution < 1.29 is 47.8 Å². The first-order chi connectivity index (χ1) is 27.7. The van der Waals surface area contributed by atoms with Crippen molar-refractivity contribution in [3.05, 3.63) is 60.8 Å². The smallest absolute Gasteiger partial charge is 0.462 e. The first kappa shape index (κ1) is 54.7. The van der Waals surface area contributed by atoms with Crippen molar-refractivity contribution in [1.82, 2.24) is 0 Å². The Hall–Kier alpha value is -2.33. The molecule has 3 atom stereocenters. The van der Waals surface area contributed by atoms with Gasteiger partial charge in [0, 0.05) is 12.8 Å². The van der Waals surface area contributed by atoms with Gasteiger partial charge in [0.25, 0.3) is 0 Å². The van der Waals surface area contributed by atoms with Gasteiger partial charge in [-0.3, -0.25) is 18.6 Å². The number of phosphoric ester groups is 1. The topological polar surface area (TPSA) is 149 Å². The summed E-state index contributed by atoms with van der Waals surface area (Å²) in [5, 5.41) is 18.3. The quantitative estimate of drug-likeness (QED) is 0.0235. The van der Waals surface area contributed by atoms with E-state index in [4.69, 9.17) is 19.1 Å². The lowest BCUT2D eigenvalue weighted by molar-refractivity contribution is -0.161. The van der Waals surface area contributed by atoms with E-state index in [2.05, 4.69) is 73.1 Å². The molecule has 0 spiro atoms. The van der Waals surface area contributed by atoms with E-state index in [0.717, 1.165) is 51.4 Å². The highest BCUT2D eigenvalue weighted by atomic mass is 31.2. The molecule has 1 unspecified atom stereocenters. The van der Waals surface area contributed by atoms with E-state index in [1.54, 1.807) is 0 Å². The van der Waals surface area contributed by atoms with Crippen LogP contribution in [-0.4, -0.2) is 65.7 Å². The molecular weight excluding hydrogens is 743 g/mol. The van der Waals surface area contributed by atoms with Gasteiger partial charge in [-0.1, -0.05) is 177 Å². The molecule has 0 aromatic carbocycles. The number of carbonyl (C=O) groups excluding carboxylic acids is 2. The minimum atomic E-state index is -4.63. The summed E-state index contributed by atoms with van der Waals surface area (Å²) in [4.78, 5) is 35.0. The molecular formula is C46H81O10P. The minimum absolute atomic E-state index is 0.162. The van der Waals surface area contributed by atoms with Crippen LogP contribution in [0.5, 0.6) is 0 Å². The number of hydrogen-bond donors (Lipinski definition) is 3. The number of aliphatic hydroxyl groups is 2. The van der Waals surface area contributed by atoms with Crippen molar-refractivity contribution >= 4 is 19.8 Å². The number of aliphatic hydroxyl groups excluding tert-OH is 2. The number of phosphoric acid groups is 1. The lowest BCUT2D eigenvalue weighted by atomic mass is 10.0. The SMILES string of the molecule is CC/C=C\C/C=C\C/C=C\C/C=C\C/C=C\CCCC(=O)OC[C@H](COP(=O)(O)OC[C@@H](O)CO)OC(=O)CCCCCCCCCCCCCCCCCCC. The van der Waals surface area contributed by atoms with Crippen LogP contribution in [0.3, 0.4) is 0 Å². The van der Waals surface area contributed by atoms with E-state index in [9.17, 15) is 24.2 Å². The van der Waals surface area contributed by atoms with Gasteiger partial charge in [-0.25, -0.2) is 4.57 Å². The van der Waals surface area contributed by atoms with Crippen molar-refractivity contribution in [2.24, 2.45) is 0 Å². The fourth-order valence-electron chi connectivity index (χ4n) is 5.79. The van der Waals surface area contributed by atoms with Gasteiger partial charge in [-0.15, -0.1) is 0 Å². The number of rotatable bonds is 41. The molecule has 57 heavy (non-hydrogen) atoms. The second kappa shape index (κ2) is 41.8. The third-order valence-corrected chi connectivity index (χ3v) is 10.1. The molecule has 11 heteroatoms. The maximum atomic E-state index is 12.6. The van der Waals surface area contributed by atoms with Crippen molar-refractivity contribution in [3.63, 3.8) is 0 Å². The fourth-order valence-corrected chi connectivity index (χ4v) is 6.58. The average molecular weight is 825 g/mol. The predicted molar refractivity (Wildman–Crippen MR) is 233 cm³/mol.